The van der Waals surface area contributed by atoms with Crippen LogP contribution in [0.3, 0.4) is 0 Å². The molecule has 6 rings (SSSR count). The molecule has 0 aliphatic carbocycles. The van der Waals surface area contributed by atoms with E-state index < -0.39 is 15.9 Å². The topological polar surface area (TPSA) is 83.5 Å². The van der Waals surface area contributed by atoms with Gasteiger partial charge < -0.3 is 23.1 Å². The average Bonchev–Trinajstić information content (AvgIpc) is 3.33. The van der Waals surface area contributed by atoms with Gasteiger partial charge in [0.05, 0.1) is 14.2 Å². The normalized spacial score (nSPS) is 18.1. The minimum Gasteiger partial charge on any atom is -0.493 e. The molecule has 10 heteroatoms. The fourth-order valence-corrected chi connectivity index (χ4v) is 6.26. The quantitative estimate of drug-likeness (QED) is 0.474. The maximum absolute atomic E-state index is 13.8. The summed E-state index contributed by atoms with van der Waals surface area (Å²) < 4.78 is 68.1. The molecule has 3 aliphatic heterocycles. The van der Waals surface area contributed by atoms with Gasteiger partial charge in [-0.25, -0.2) is 4.39 Å². The zero-order valence-electron chi connectivity index (χ0n) is 19.7. The highest BCUT2D eigenvalue weighted by Crippen LogP contribution is 2.50. The maximum Gasteiger partial charge on any atom is 0.339 e. The first kappa shape index (κ1) is 22.9. The summed E-state index contributed by atoms with van der Waals surface area (Å²) in [6, 6.07) is 10.6. The van der Waals surface area contributed by atoms with Crippen LogP contribution in [-0.4, -0.2) is 40.9 Å². The molecule has 0 aromatic heterocycles. The smallest absolute Gasteiger partial charge is 0.339 e. The first-order valence-corrected chi connectivity index (χ1v) is 12.9. The molecular weight excluding hydrogens is 489 g/mol. The number of fused-ring (bicyclic) bond motifs is 5. The van der Waals surface area contributed by atoms with E-state index in [0.717, 1.165) is 35.9 Å². The van der Waals surface area contributed by atoms with E-state index in [1.807, 2.05) is 18.2 Å². The number of rotatable bonds is 5. The molecule has 0 spiro atoms. The highest BCUT2D eigenvalue weighted by molar-refractivity contribution is 7.87. The maximum atomic E-state index is 13.8. The van der Waals surface area contributed by atoms with Crippen molar-refractivity contribution >= 4 is 10.1 Å². The van der Waals surface area contributed by atoms with Crippen LogP contribution < -0.4 is 23.1 Å². The highest BCUT2D eigenvalue weighted by Gasteiger charge is 2.38. The third-order valence-electron chi connectivity index (χ3n) is 6.97. The van der Waals surface area contributed by atoms with Gasteiger partial charge in [-0.05, 0) is 65.9 Å². The summed E-state index contributed by atoms with van der Waals surface area (Å²) in [4.78, 5) is 2.07. The van der Waals surface area contributed by atoms with E-state index in [4.69, 9.17) is 23.1 Å². The Kier molecular flexibility index (Phi) is 5.45. The zero-order chi connectivity index (χ0) is 25.0. The Morgan fingerprint density at radius 1 is 1.00 bits per heavy atom. The number of methoxy groups -OCH3 is 2. The van der Waals surface area contributed by atoms with Gasteiger partial charge in [0.2, 0.25) is 12.5 Å². The summed E-state index contributed by atoms with van der Waals surface area (Å²) in [5.74, 6) is 1.37. The fourth-order valence-electron chi connectivity index (χ4n) is 5.27. The van der Waals surface area contributed by atoms with Crippen molar-refractivity contribution < 1.29 is 35.9 Å². The van der Waals surface area contributed by atoms with Gasteiger partial charge in [-0.1, -0.05) is 6.07 Å². The van der Waals surface area contributed by atoms with Crippen LogP contribution in [-0.2, 0) is 29.5 Å². The molecule has 0 saturated carbocycles. The van der Waals surface area contributed by atoms with E-state index in [2.05, 4.69) is 4.90 Å². The molecular formula is C26H24FNO7S. The van der Waals surface area contributed by atoms with Crippen LogP contribution in [0.15, 0.2) is 47.4 Å². The molecule has 3 aliphatic rings. The molecule has 0 radical (unpaired) electrons. The Hall–Kier alpha value is -3.50. The molecule has 8 nitrogen and oxygen atoms in total. The van der Waals surface area contributed by atoms with Crippen molar-refractivity contribution in [2.45, 2.75) is 30.3 Å². The van der Waals surface area contributed by atoms with Crippen molar-refractivity contribution in [3.8, 4) is 28.7 Å². The lowest BCUT2D eigenvalue weighted by Gasteiger charge is -2.42. The molecule has 0 bridgehead atoms. The van der Waals surface area contributed by atoms with Gasteiger partial charge in [-0.3, -0.25) is 4.90 Å². The zero-order valence-corrected chi connectivity index (χ0v) is 20.6. The second-order valence-electron chi connectivity index (χ2n) is 8.92. The van der Waals surface area contributed by atoms with Gasteiger partial charge in [0.15, 0.2) is 23.0 Å². The van der Waals surface area contributed by atoms with Crippen LogP contribution in [0.1, 0.15) is 28.3 Å². The average molecular weight is 514 g/mol. The lowest BCUT2D eigenvalue weighted by molar-refractivity contribution is 0.159. The Labute approximate surface area is 208 Å². The molecule has 3 aromatic rings. The van der Waals surface area contributed by atoms with Crippen molar-refractivity contribution in [2.24, 2.45) is 0 Å². The SMILES string of the molecule is COc1cc2c(c(OS(=O)(=O)c3cccc(F)c3)c1OC)CC1c3cc4c(cc3CCN1C2)OCO4. The van der Waals surface area contributed by atoms with E-state index in [1.165, 1.54) is 38.0 Å². The van der Waals surface area contributed by atoms with E-state index in [1.54, 1.807) is 0 Å². The second kappa shape index (κ2) is 8.56. The minimum absolute atomic E-state index is 0.0203. The van der Waals surface area contributed by atoms with E-state index in [-0.39, 0.29) is 29.2 Å². The number of hydrogen-bond acceptors (Lipinski definition) is 8. The van der Waals surface area contributed by atoms with Crippen LogP contribution in [0.2, 0.25) is 0 Å². The van der Waals surface area contributed by atoms with Crippen LogP contribution >= 0.6 is 0 Å². The van der Waals surface area contributed by atoms with Crippen LogP contribution in [0, 0.1) is 5.82 Å². The Balaban J connectivity index is 1.46. The van der Waals surface area contributed by atoms with Crippen LogP contribution in [0.4, 0.5) is 4.39 Å². The number of halogens is 1. The largest absolute Gasteiger partial charge is 0.493 e. The number of hydrogen-bond donors (Lipinski definition) is 0. The van der Waals surface area contributed by atoms with Crippen molar-refractivity contribution in [1.29, 1.82) is 0 Å². The number of ether oxygens (including phenoxy) is 4. The monoisotopic (exact) mass is 513 g/mol. The molecule has 1 atom stereocenters. The summed E-state index contributed by atoms with van der Waals surface area (Å²) in [6.45, 7) is 1.61. The van der Waals surface area contributed by atoms with Gasteiger partial charge in [0, 0.05) is 24.7 Å². The molecule has 3 heterocycles. The third-order valence-corrected chi connectivity index (χ3v) is 8.19. The third kappa shape index (κ3) is 3.72. The molecule has 0 amide bonds. The number of benzene rings is 3. The molecule has 1 unspecified atom stereocenters. The van der Waals surface area contributed by atoms with Crippen molar-refractivity contribution in [3.05, 3.63) is 70.5 Å². The predicted octanol–water partition coefficient (Wildman–Crippen LogP) is 3.99. The first-order valence-electron chi connectivity index (χ1n) is 11.5. The van der Waals surface area contributed by atoms with E-state index in [0.29, 0.717) is 30.0 Å². The fraction of sp³-hybridized carbons (Fsp3) is 0.308. The van der Waals surface area contributed by atoms with Gasteiger partial charge in [-0.2, -0.15) is 8.42 Å². The van der Waals surface area contributed by atoms with Crippen molar-refractivity contribution in [2.75, 3.05) is 27.6 Å². The van der Waals surface area contributed by atoms with Crippen LogP contribution in [0.5, 0.6) is 28.7 Å². The summed E-state index contributed by atoms with van der Waals surface area (Å²) in [5.41, 5.74) is 3.89. The van der Waals surface area contributed by atoms with Crippen LogP contribution in [0.25, 0.3) is 0 Å². The van der Waals surface area contributed by atoms with Gasteiger partial charge in [-0.15, -0.1) is 0 Å². The van der Waals surface area contributed by atoms with Crippen molar-refractivity contribution in [1.82, 2.24) is 4.90 Å². The molecule has 3 aromatic carbocycles. The molecule has 36 heavy (non-hydrogen) atoms. The lowest BCUT2D eigenvalue weighted by Crippen LogP contribution is -2.39. The Morgan fingerprint density at radius 3 is 2.56 bits per heavy atom. The first-order chi connectivity index (χ1) is 17.4. The summed E-state index contributed by atoms with van der Waals surface area (Å²) in [7, 11) is -1.44. The number of nitrogens with zero attached hydrogens (tertiary/aromatic N) is 1. The Bertz CT molecular complexity index is 1470. The molecule has 0 fully saturated rings. The van der Waals surface area contributed by atoms with Gasteiger partial charge in [0.1, 0.15) is 10.7 Å². The molecule has 0 N–H and O–H groups in total. The summed E-state index contributed by atoms with van der Waals surface area (Å²) in [6.07, 6.45) is 1.35. The Morgan fingerprint density at radius 2 is 1.81 bits per heavy atom. The molecule has 188 valence electrons. The van der Waals surface area contributed by atoms with E-state index in [9.17, 15) is 12.8 Å². The minimum atomic E-state index is -4.35. The summed E-state index contributed by atoms with van der Waals surface area (Å²) >= 11 is 0. The standard InChI is InChI=1S/C26H24FNO7S/c1-31-24-9-16-13-28-7-6-15-8-22-23(34-14-33-22)12-19(15)21(28)11-20(16)25(26(24)32-2)35-36(29,30)18-5-3-4-17(27)10-18/h3-5,8-10,12,21H,6-7,11,13-14H2,1-2H3. The van der Waals surface area contributed by atoms with Gasteiger partial charge >= 0.3 is 10.1 Å². The predicted molar refractivity (Wildman–Crippen MR) is 127 cm³/mol. The van der Waals surface area contributed by atoms with E-state index >= 15 is 0 Å². The summed E-state index contributed by atoms with van der Waals surface area (Å²) in [5, 5.41) is 0. The lowest BCUT2D eigenvalue weighted by atomic mass is 9.83. The van der Waals surface area contributed by atoms with Gasteiger partial charge in [0.25, 0.3) is 0 Å². The second-order valence-corrected chi connectivity index (χ2v) is 10.5. The highest BCUT2D eigenvalue weighted by atomic mass is 32.2. The molecule has 0 saturated heterocycles. The van der Waals surface area contributed by atoms with Crippen molar-refractivity contribution in [3.63, 3.8) is 0 Å².